The molecule has 0 radical (unpaired) electrons. The second kappa shape index (κ2) is 5.25. The summed E-state index contributed by atoms with van der Waals surface area (Å²) in [6.07, 6.45) is -1.04. The highest BCUT2D eigenvalue weighted by molar-refractivity contribution is 7.58. The highest BCUT2D eigenvalue weighted by Crippen LogP contribution is 2.54. The van der Waals surface area contributed by atoms with Gasteiger partial charge in [0.1, 0.15) is 0 Å². The van der Waals surface area contributed by atoms with Gasteiger partial charge in [0.05, 0.1) is 0 Å². The van der Waals surface area contributed by atoms with Crippen molar-refractivity contribution < 1.29 is 24.5 Å². The second-order valence-corrected chi connectivity index (χ2v) is 5.83. The zero-order valence-corrected chi connectivity index (χ0v) is 9.34. The first kappa shape index (κ1) is 12.9. The van der Waals surface area contributed by atoms with Gasteiger partial charge in [-0.1, -0.05) is 30.3 Å². The first-order valence-electron chi connectivity index (χ1n) is 4.68. The molecule has 16 heavy (non-hydrogen) atoms. The molecule has 0 aliphatic rings. The van der Waals surface area contributed by atoms with Crippen LogP contribution in [0.4, 0.5) is 0 Å². The molecule has 0 saturated heterocycles. The lowest BCUT2D eigenvalue weighted by atomic mass is 10.2. The van der Waals surface area contributed by atoms with Crippen LogP contribution in [0.2, 0.25) is 0 Å². The van der Waals surface area contributed by atoms with Gasteiger partial charge in [-0.05, 0) is 12.0 Å². The summed E-state index contributed by atoms with van der Waals surface area (Å²) < 4.78 is 11.6. The molecule has 1 unspecified atom stereocenters. The van der Waals surface area contributed by atoms with E-state index in [2.05, 4.69) is 0 Å². The number of carbonyl (C=O) groups is 1. The zero-order valence-electron chi connectivity index (χ0n) is 8.44. The average molecular weight is 243 g/mol. The molecule has 0 bridgehead atoms. The van der Waals surface area contributed by atoms with Crippen LogP contribution in [-0.4, -0.2) is 22.1 Å². The van der Waals surface area contributed by atoms with Gasteiger partial charge in [-0.2, -0.15) is 0 Å². The normalized spacial score (nSPS) is 16.4. The van der Waals surface area contributed by atoms with E-state index in [0.717, 1.165) is 0 Å². The predicted molar refractivity (Wildman–Crippen MR) is 55.7 cm³/mol. The van der Waals surface area contributed by atoms with Crippen LogP contribution in [0, 0.1) is 0 Å². The molecule has 6 heteroatoms. The highest BCUT2D eigenvalue weighted by Gasteiger charge is 2.29. The molecule has 0 heterocycles. The lowest BCUT2D eigenvalue weighted by Gasteiger charge is -2.18. The van der Waals surface area contributed by atoms with Crippen LogP contribution in [-0.2, 0) is 9.36 Å². The molecule has 1 aromatic carbocycles. The smallest absolute Gasteiger partial charge is 0.233 e. The third-order valence-corrected chi connectivity index (χ3v) is 4.04. The summed E-state index contributed by atoms with van der Waals surface area (Å²) in [5, 5.41) is 19.8. The first-order valence-corrected chi connectivity index (χ1v) is 6.59. The third-order valence-electron chi connectivity index (χ3n) is 2.12. The van der Waals surface area contributed by atoms with Crippen molar-refractivity contribution in [3.63, 3.8) is 0 Å². The van der Waals surface area contributed by atoms with E-state index in [4.69, 9.17) is 0 Å². The van der Waals surface area contributed by atoms with Gasteiger partial charge in [0.2, 0.25) is 7.37 Å². The zero-order chi connectivity index (χ0) is 12.2. The van der Waals surface area contributed by atoms with Gasteiger partial charge in [0.25, 0.3) is 0 Å². The van der Waals surface area contributed by atoms with Gasteiger partial charge in [-0.3, -0.25) is 4.57 Å². The lowest BCUT2D eigenvalue weighted by Crippen LogP contribution is -2.23. The van der Waals surface area contributed by atoms with Crippen LogP contribution in [0.5, 0.6) is 0 Å². The molecule has 88 valence electrons. The van der Waals surface area contributed by atoms with Gasteiger partial charge in [-0.25, -0.2) is 0 Å². The molecule has 0 aliphatic heterocycles. The number of aliphatic hydroxyl groups excluding tert-OH is 1. The van der Waals surface area contributed by atoms with E-state index in [0.29, 0.717) is 5.56 Å². The van der Waals surface area contributed by atoms with Crippen molar-refractivity contribution in [2.75, 3.05) is 6.16 Å². The van der Waals surface area contributed by atoms with E-state index in [9.17, 15) is 24.5 Å². The summed E-state index contributed by atoms with van der Waals surface area (Å²) in [7, 11) is -3.92. The number of carboxylic acids is 1. The number of carboxylic acid groups (broad SMARTS) is 1. The maximum Gasteiger partial charge on any atom is 0.233 e. The fraction of sp³-hybridized carbons (Fsp3) is 0.300. The summed E-state index contributed by atoms with van der Waals surface area (Å²) >= 11 is 0. The number of rotatable bonds is 5. The molecule has 0 amide bonds. The van der Waals surface area contributed by atoms with E-state index >= 15 is 0 Å². The largest absolute Gasteiger partial charge is 0.550 e. The Kier molecular flexibility index (Phi) is 4.24. The monoisotopic (exact) mass is 243 g/mol. The maximum absolute atomic E-state index is 11.6. The second-order valence-electron chi connectivity index (χ2n) is 3.39. The van der Waals surface area contributed by atoms with Crippen LogP contribution in [0.15, 0.2) is 30.3 Å². The molecule has 0 spiro atoms. The quantitative estimate of drug-likeness (QED) is 0.714. The summed E-state index contributed by atoms with van der Waals surface area (Å²) in [5.74, 6) is -2.96. The van der Waals surface area contributed by atoms with Crippen LogP contribution < -0.4 is 5.11 Å². The molecule has 0 aromatic heterocycles. The van der Waals surface area contributed by atoms with E-state index in [1.807, 2.05) is 0 Å². The number of aliphatic carboxylic acids is 1. The molecule has 2 N–H and O–H groups in total. The van der Waals surface area contributed by atoms with Crippen molar-refractivity contribution >= 4 is 13.3 Å². The number of hydrogen-bond acceptors (Lipinski definition) is 4. The Morgan fingerprint density at radius 3 is 2.44 bits per heavy atom. The summed E-state index contributed by atoms with van der Waals surface area (Å²) in [6, 6.07) is 7.97. The Balaban J connectivity index is 2.76. The topological polar surface area (TPSA) is 97.7 Å². The van der Waals surface area contributed by atoms with Crippen LogP contribution >= 0.6 is 7.37 Å². The molecule has 1 rings (SSSR count). The van der Waals surface area contributed by atoms with Crippen molar-refractivity contribution in [2.24, 2.45) is 0 Å². The van der Waals surface area contributed by atoms with E-state index < -0.39 is 31.8 Å². The average Bonchev–Trinajstić information content (AvgIpc) is 2.27. The molecule has 0 aliphatic carbocycles. The van der Waals surface area contributed by atoms with Gasteiger partial charge >= 0.3 is 0 Å². The maximum atomic E-state index is 11.6. The van der Waals surface area contributed by atoms with Crippen LogP contribution in [0.25, 0.3) is 0 Å². The van der Waals surface area contributed by atoms with Gasteiger partial charge in [0.15, 0.2) is 5.85 Å². The Morgan fingerprint density at radius 2 is 1.94 bits per heavy atom. The lowest BCUT2D eigenvalue weighted by molar-refractivity contribution is -0.305. The Hall–Kier alpha value is -1.16. The SMILES string of the molecule is O=C([O-])CCP(=O)(O)[C@@H](O)c1ccccc1. The fourth-order valence-corrected chi connectivity index (χ4v) is 2.62. The minimum Gasteiger partial charge on any atom is -0.550 e. The predicted octanol–water partition coefficient (Wildman–Crippen LogP) is 0.0879. The molecular weight excluding hydrogens is 231 g/mol. The Morgan fingerprint density at radius 1 is 1.38 bits per heavy atom. The van der Waals surface area contributed by atoms with Crippen molar-refractivity contribution in [1.29, 1.82) is 0 Å². The minimum absolute atomic E-state index is 0.298. The number of carbonyl (C=O) groups excluding carboxylic acids is 1. The summed E-state index contributed by atoms with van der Waals surface area (Å²) in [6.45, 7) is 0. The number of hydrogen-bond donors (Lipinski definition) is 2. The van der Waals surface area contributed by atoms with E-state index in [1.165, 1.54) is 12.1 Å². The standard InChI is InChI=1S/C10H13O5P/c11-9(12)6-7-16(14,15)10(13)8-4-2-1-3-5-8/h1-5,10,13H,6-7H2,(H,11,12)(H,14,15)/p-1/t10-/m1/s1. The Bertz CT molecular complexity index is 403. The van der Waals surface area contributed by atoms with Gasteiger partial charge in [0, 0.05) is 12.1 Å². The van der Waals surface area contributed by atoms with Crippen molar-refractivity contribution in [2.45, 2.75) is 12.3 Å². The third kappa shape index (κ3) is 3.45. The molecule has 0 fully saturated rings. The Labute approximate surface area is 92.8 Å². The number of benzene rings is 1. The molecule has 5 nitrogen and oxygen atoms in total. The van der Waals surface area contributed by atoms with Gasteiger partial charge < -0.3 is 19.9 Å². The van der Waals surface area contributed by atoms with E-state index in [1.54, 1.807) is 18.2 Å². The van der Waals surface area contributed by atoms with Gasteiger partial charge in [-0.15, -0.1) is 0 Å². The van der Waals surface area contributed by atoms with Crippen molar-refractivity contribution in [1.82, 2.24) is 0 Å². The van der Waals surface area contributed by atoms with E-state index in [-0.39, 0.29) is 0 Å². The fourth-order valence-electron chi connectivity index (χ4n) is 1.23. The van der Waals surface area contributed by atoms with Crippen LogP contribution in [0.1, 0.15) is 17.8 Å². The van der Waals surface area contributed by atoms with Crippen LogP contribution in [0.3, 0.4) is 0 Å². The summed E-state index contributed by atoms with van der Waals surface area (Å²) in [5.41, 5.74) is 0.298. The summed E-state index contributed by atoms with van der Waals surface area (Å²) in [4.78, 5) is 19.7. The minimum atomic E-state index is -3.92. The van der Waals surface area contributed by atoms with Crippen molar-refractivity contribution in [3.8, 4) is 0 Å². The van der Waals surface area contributed by atoms with Crippen molar-refractivity contribution in [3.05, 3.63) is 35.9 Å². The molecular formula is C10H12O5P-. The highest BCUT2D eigenvalue weighted by atomic mass is 31.2. The molecule has 1 aromatic rings. The molecule has 2 atom stereocenters. The molecule has 0 saturated carbocycles. The first-order chi connectivity index (χ1) is 7.43. The number of aliphatic hydroxyl groups is 1.